The first-order valence-corrected chi connectivity index (χ1v) is 7.16. The smallest absolute Gasteiger partial charge is 0.246 e. The number of nitrogens with zero attached hydrogens (tertiary/aromatic N) is 1. The van der Waals surface area contributed by atoms with E-state index in [1.165, 1.54) is 4.90 Å². The number of likely N-dealkylation sites (N-methyl/N-ethyl adjacent to an activating group) is 1. The van der Waals surface area contributed by atoms with E-state index in [0.29, 0.717) is 6.54 Å². The number of carbonyl (C=O) groups excluding carboxylic acids is 2. The minimum atomic E-state index is -3.04. The lowest BCUT2D eigenvalue weighted by atomic mass is 10.2. The van der Waals surface area contributed by atoms with Crippen LogP contribution in [0.5, 0.6) is 0 Å². The average molecular weight is 248 g/mol. The minimum Gasteiger partial charge on any atom is -0.304 e. The normalized spacial score (nSPS) is 21.9. The molecule has 1 fully saturated rings. The van der Waals surface area contributed by atoms with Crippen molar-refractivity contribution in [3.05, 3.63) is 0 Å². The topological polar surface area (TPSA) is 83.6 Å². The lowest BCUT2D eigenvalue weighted by Crippen LogP contribution is -2.40. The molecular weight excluding hydrogens is 232 g/mol. The Labute approximate surface area is 94.9 Å². The van der Waals surface area contributed by atoms with Crippen LogP contribution in [-0.2, 0) is 19.4 Å². The molecule has 1 unspecified atom stereocenters. The number of amides is 2. The van der Waals surface area contributed by atoms with Crippen molar-refractivity contribution in [1.29, 1.82) is 0 Å². The Balaban J connectivity index is 2.46. The van der Waals surface area contributed by atoms with E-state index in [-0.39, 0.29) is 30.5 Å². The zero-order valence-electron chi connectivity index (χ0n) is 9.39. The van der Waals surface area contributed by atoms with E-state index in [1.54, 1.807) is 6.92 Å². The maximum Gasteiger partial charge on any atom is 0.246 e. The number of sulfone groups is 1. The van der Waals surface area contributed by atoms with Gasteiger partial charge in [-0.15, -0.1) is 0 Å². The molecule has 92 valence electrons. The quantitative estimate of drug-likeness (QED) is 0.616. The van der Waals surface area contributed by atoms with Crippen LogP contribution < -0.4 is 5.32 Å². The monoisotopic (exact) mass is 248 g/mol. The third kappa shape index (κ3) is 3.28. The molecule has 1 aliphatic rings. The predicted octanol–water partition coefficient (Wildman–Crippen LogP) is -1.23. The van der Waals surface area contributed by atoms with E-state index < -0.39 is 15.9 Å². The van der Waals surface area contributed by atoms with Crippen LogP contribution in [0.25, 0.3) is 0 Å². The highest BCUT2D eigenvalue weighted by atomic mass is 32.2. The summed E-state index contributed by atoms with van der Waals surface area (Å²) in [6.07, 6.45) is 1.26. The summed E-state index contributed by atoms with van der Waals surface area (Å²) in [5.74, 6) is -0.498. The molecule has 0 spiro atoms. The lowest BCUT2D eigenvalue weighted by molar-refractivity contribution is -0.138. The summed E-state index contributed by atoms with van der Waals surface area (Å²) in [5, 5.41) is 2.79. The van der Waals surface area contributed by atoms with Crippen LogP contribution in [0.4, 0.5) is 0 Å². The van der Waals surface area contributed by atoms with Gasteiger partial charge in [0.2, 0.25) is 11.8 Å². The molecular formula is C9H16N2O4S. The molecule has 0 saturated carbocycles. The standard InChI is InChI=1S/C9H16N2O4S/c1-3-11-8(12)6-7(9(11)13)10-4-5-16(2,14)15/h7,10H,3-6H2,1-2H3. The van der Waals surface area contributed by atoms with Gasteiger partial charge in [0.05, 0.1) is 18.2 Å². The van der Waals surface area contributed by atoms with E-state index >= 15 is 0 Å². The number of nitrogens with one attached hydrogen (secondary N) is 1. The first kappa shape index (κ1) is 13.1. The number of likely N-dealkylation sites (tertiary alicyclic amines) is 1. The van der Waals surface area contributed by atoms with Gasteiger partial charge in [0.25, 0.3) is 0 Å². The van der Waals surface area contributed by atoms with Crippen LogP contribution in [0.2, 0.25) is 0 Å². The van der Waals surface area contributed by atoms with Crippen LogP contribution in [0.3, 0.4) is 0 Å². The van der Waals surface area contributed by atoms with Gasteiger partial charge < -0.3 is 5.32 Å². The van der Waals surface area contributed by atoms with Gasteiger partial charge in [-0.05, 0) is 6.92 Å². The van der Waals surface area contributed by atoms with Crippen molar-refractivity contribution in [3.8, 4) is 0 Å². The van der Waals surface area contributed by atoms with E-state index in [2.05, 4.69) is 5.32 Å². The molecule has 2 amide bonds. The Bertz CT molecular complexity index is 390. The van der Waals surface area contributed by atoms with Gasteiger partial charge in [0, 0.05) is 19.3 Å². The molecule has 6 nitrogen and oxygen atoms in total. The van der Waals surface area contributed by atoms with Crippen LogP contribution >= 0.6 is 0 Å². The van der Waals surface area contributed by atoms with Gasteiger partial charge in [-0.1, -0.05) is 0 Å². The Kier molecular flexibility index (Phi) is 4.03. The van der Waals surface area contributed by atoms with Crippen LogP contribution in [0, 0.1) is 0 Å². The molecule has 1 N–H and O–H groups in total. The summed E-state index contributed by atoms with van der Waals surface area (Å²) in [5.41, 5.74) is 0. The third-order valence-electron chi connectivity index (χ3n) is 2.42. The Morgan fingerprint density at radius 2 is 2.06 bits per heavy atom. The predicted molar refractivity (Wildman–Crippen MR) is 58.5 cm³/mol. The maximum atomic E-state index is 11.6. The van der Waals surface area contributed by atoms with E-state index in [9.17, 15) is 18.0 Å². The maximum absolute atomic E-state index is 11.6. The van der Waals surface area contributed by atoms with Crippen molar-refractivity contribution < 1.29 is 18.0 Å². The first-order valence-electron chi connectivity index (χ1n) is 5.10. The van der Waals surface area contributed by atoms with Crippen molar-refractivity contribution in [1.82, 2.24) is 10.2 Å². The summed E-state index contributed by atoms with van der Waals surface area (Å²) in [4.78, 5) is 24.1. The van der Waals surface area contributed by atoms with Crippen molar-refractivity contribution in [2.75, 3.05) is 25.1 Å². The minimum absolute atomic E-state index is 0.0307. The number of hydrogen-bond acceptors (Lipinski definition) is 5. The molecule has 0 aromatic heterocycles. The summed E-state index contributed by atoms with van der Waals surface area (Å²) in [6, 6.07) is -0.561. The fraction of sp³-hybridized carbons (Fsp3) is 0.778. The molecule has 1 saturated heterocycles. The molecule has 7 heteroatoms. The van der Waals surface area contributed by atoms with Crippen LogP contribution in [-0.4, -0.2) is 56.3 Å². The number of carbonyl (C=O) groups is 2. The molecule has 1 atom stereocenters. The molecule has 0 radical (unpaired) electrons. The molecule has 1 rings (SSSR count). The van der Waals surface area contributed by atoms with Gasteiger partial charge in [0.1, 0.15) is 9.84 Å². The SMILES string of the molecule is CCN1C(=O)CC(NCCS(C)(=O)=O)C1=O. The molecule has 0 bridgehead atoms. The van der Waals surface area contributed by atoms with Crippen molar-refractivity contribution in [2.24, 2.45) is 0 Å². The van der Waals surface area contributed by atoms with Crippen LogP contribution in [0.15, 0.2) is 0 Å². The highest BCUT2D eigenvalue weighted by molar-refractivity contribution is 7.90. The lowest BCUT2D eigenvalue weighted by Gasteiger charge is -2.12. The van der Waals surface area contributed by atoms with E-state index in [0.717, 1.165) is 6.26 Å². The second-order valence-electron chi connectivity index (χ2n) is 3.82. The fourth-order valence-corrected chi connectivity index (χ4v) is 2.08. The van der Waals surface area contributed by atoms with E-state index in [4.69, 9.17) is 0 Å². The summed E-state index contributed by atoms with van der Waals surface area (Å²) in [7, 11) is -3.04. The summed E-state index contributed by atoms with van der Waals surface area (Å²) in [6.45, 7) is 2.29. The summed E-state index contributed by atoms with van der Waals surface area (Å²) >= 11 is 0. The number of imide groups is 1. The molecule has 16 heavy (non-hydrogen) atoms. The zero-order valence-corrected chi connectivity index (χ0v) is 10.2. The second-order valence-corrected chi connectivity index (χ2v) is 6.08. The van der Waals surface area contributed by atoms with Gasteiger partial charge in [0.15, 0.2) is 0 Å². The third-order valence-corrected chi connectivity index (χ3v) is 3.37. The van der Waals surface area contributed by atoms with Gasteiger partial charge in [-0.3, -0.25) is 14.5 Å². The number of rotatable bonds is 5. The van der Waals surface area contributed by atoms with Crippen LogP contribution in [0.1, 0.15) is 13.3 Å². The Morgan fingerprint density at radius 3 is 2.50 bits per heavy atom. The largest absolute Gasteiger partial charge is 0.304 e. The molecule has 0 aromatic rings. The highest BCUT2D eigenvalue weighted by Gasteiger charge is 2.36. The zero-order chi connectivity index (χ0) is 12.3. The summed E-state index contributed by atoms with van der Waals surface area (Å²) < 4.78 is 21.7. The molecule has 1 heterocycles. The second kappa shape index (κ2) is 4.92. The Morgan fingerprint density at radius 1 is 1.44 bits per heavy atom. The van der Waals surface area contributed by atoms with Crippen molar-refractivity contribution >= 4 is 21.7 Å². The molecule has 0 aliphatic carbocycles. The average Bonchev–Trinajstić information content (AvgIpc) is 2.40. The molecule has 0 aromatic carbocycles. The van der Waals surface area contributed by atoms with E-state index in [1.807, 2.05) is 0 Å². The number of hydrogen-bond donors (Lipinski definition) is 1. The van der Waals surface area contributed by atoms with Gasteiger partial charge in [-0.2, -0.15) is 0 Å². The van der Waals surface area contributed by atoms with Gasteiger partial charge in [-0.25, -0.2) is 8.42 Å². The highest BCUT2D eigenvalue weighted by Crippen LogP contribution is 2.11. The Hall–Kier alpha value is -0.950. The van der Waals surface area contributed by atoms with Crippen molar-refractivity contribution in [3.63, 3.8) is 0 Å². The van der Waals surface area contributed by atoms with Crippen molar-refractivity contribution in [2.45, 2.75) is 19.4 Å². The van der Waals surface area contributed by atoms with Gasteiger partial charge >= 0.3 is 0 Å². The molecule has 1 aliphatic heterocycles. The first-order chi connectivity index (χ1) is 7.35. The fourth-order valence-electron chi connectivity index (χ4n) is 1.59.